The van der Waals surface area contributed by atoms with Gasteiger partial charge in [-0.1, -0.05) is 5.16 Å². The lowest BCUT2D eigenvalue weighted by atomic mass is 9.62. The van der Waals surface area contributed by atoms with E-state index in [0.29, 0.717) is 34.1 Å². The molecule has 3 fully saturated rings. The molecule has 226 valence electrons. The summed E-state index contributed by atoms with van der Waals surface area (Å²) in [6.45, 7) is 6.00. The van der Waals surface area contributed by atoms with Crippen LogP contribution in [-0.2, 0) is 18.3 Å². The lowest BCUT2D eigenvalue weighted by Gasteiger charge is -2.39. The summed E-state index contributed by atoms with van der Waals surface area (Å²) in [5.41, 5.74) is 9.96. The van der Waals surface area contributed by atoms with Crippen molar-refractivity contribution in [2.45, 2.75) is 94.2 Å². The summed E-state index contributed by atoms with van der Waals surface area (Å²) in [6, 6.07) is 4.80. The second-order valence-corrected chi connectivity index (χ2v) is 14.5. The number of likely N-dealkylation sites (tertiary alicyclic amines) is 1. The van der Waals surface area contributed by atoms with Gasteiger partial charge in [-0.3, -0.25) is 4.90 Å². The molecule has 2 spiro atoms. The van der Waals surface area contributed by atoms with Crippen molar-refractivity contribution in [1.29, 1.82) is 5.26 Å². The van der Waals surface area contributed by atoms with E-state index in [1.165, 1.54) is 24.1 Å². The normalized spacial score (nSPS) is 26.7. The molecule has 2 aliphatic heterocycles. The predicted octanol–water partition coefficient (Wildman–Crippen LogP) is 4.41. The molecule has 3 atom stereocenters. The van der Waals surface area contributed by atoms with Crippen LogP contribution < -0.4 is 20.7 Å². The maximum absolute atomic E-state index is 10.1. The molecular formula is C32H40N8O2S. The number of aryl methyl sites for hydroxylation is 1. The Bertz CT molecular complexity index is 1600. The lowest BCUT2D eigenvalue weighted by molar-refractivity contribution is 0.117. The Hall–Kier alpha value is -3.20. The van der Waals surface area contributed by atoms with Gasteiger partial charge in [0.1, 0.15) is 23.0 Å². The van der Waals surface area contributed by atoms with Crippen LogP contribution in [-0.4, -0.2) is 70.9 Å². The number of nitrogens with one attached hydrogen (secondary N) is 1. The maximum atomic E-state index is 10.1. The first kappa shape index (κ1) is 27.4. The molecular weight excluding hydrogens is 560 g/mol. The number of anilines is 2. The van der Waals surface area contributed by atoms with Gasteiger partial charge in [0.15, 0.2) is 0 Å². The molecule has 43 heavy (non-hydrogen) atoms. The summed E-state index contributed by atoms with van der Waals surface area (Å²) in [5, 5.41) is 19.2. The van der Waals surface area contributed by atoms with E-state index < -0.39 is 0 Å². The fourth-order valence-corrected chi connectivity index (χ4v) is 9.57. The summed E-state index contributed by atoms with van der Waals surface area (Å²) in [5.74, 6) is 2.64. The Kier molecular flexibility index (Phi) is 6.48. The SMILES string of the molecule is C[C@H](Oc1cc(N2CCNC3(CC3)C2)nc(-c2onc3c2CCC[C@@]32CCCc3sc(N)c(C#N)c32)n1)[C@@H]1CCCN1C. The highest BCUT2D eigenvalue weighted by molar-refractivity contribution is 7.16. The van der Waals surface area contributed by atoms with Crippen molar-refractivity contribution < 1.29 is 9.26 Å². The molecule has 3 aromatic heterocycles. The van der Waals surface area contributed by atoms with Crippen molar-refractivity contribution >= 4 is 22.2 Å². The van der Waals surface area contributed by atoms with E-state index in [2.05, 4.69) is 35.2 Å². The van der Waals surface area contributed by atoms with Crippen LogP contribution in [0.4, 0.5) is 10.8 Å². The third kappa shape index (κ3) is 4.44. The fourth-order valence-electron chi connectivity index (χ4n) is 8.40. The van der Waals surface area contributed by atoms with E-state index >= 15 is 0 Å². The molecule has 0 bridgehead atoms. The number of rotatable bonds is 5. The number of hydrogen-bond donors (Lipinski definition) is 2. The highest BCUT2D eigenvalue weighted by Crippen LogP contribution is 2.54. The molecule has 8 rings (SSSR count). The van der Waals surface area contributed by atoms with Gasteiger partial charge in [0.25, 0.3) is 0 Å². The fraction of sp³-hybridized carbons (Fsp3) is 0.625. The zero-order valence-electron chi connectivity index (χ0n) is 25.1. The second kappa shape index (κ2) is 10.2. The van der Waals surface area contributed by atoms with Crippen LogP contribution >= 0.6 is 11.3 Å². The van der Waals surface area contributed by atoms with Crippen LogP contribution in [0.3, 0.4) is 0 Å². The van der Waals surface area contributed by atoms with Crippen molar-refractivity contribution in [1.82, 2.24) is 25.3 Å². The van der Waals surface area contributed by atoms with Gasteiger partial charge < -0.3 is 25.2 Å². The number of fused-ring (bicyclic) bond motifs is 4. The van der Waals surface area contributed by atoms with E-state index in [9.17, 15) is 5.26 Å². The molecule has 0 unspecified atom stereocenters. The standard InChI is InChI=1S/C32H40N8O2S/c1-19(22-7-5-14-39(22)2)41-25-16-24(40-15-13-35-31(18-40)11-12-31)36-30(37-25)27-20-6-3-9-32(28(20)38-42-27)10-4-8-23-26(32)21(17-33)29(34)43-23/h16,19,22,35H,3-15,18,34H2,1-2H3/t19-,22-,32-/m0/s1. The van der Waals surface area contributed by atoms with Gasteiger partial charge in [-0.15, -0.1) is 11.3 Å². The molecule has 5 heterocycles. The Morgan fingerprint density at radius 1 is 1.19 bits per heavy atom. The van der Waals surface area contributed by atoms with Crippen molar-refractivity contribution in [3.05, 3.63) is 33.3 Å². The summed E-state index contributed by atoms with van der Waals surface area (Å²) >= 11 is 1.57. The number of ether oxygens (including phenoxy) is 1. The van der Waals surface area contributed by atoms with Crippen molar-refractivity contribution in [3.63, 3.8) is 0 Å². The highest BCUT2D eigenvalue weighted by Gasteiger charge is 2.49. The van der Waals surface area contributed by atoms with Gasteiger partial charge in [-0.2, -0.15) is 10.2 Å². The maximum Gasteiger partial charge on any atom is 0.219 e. The minimum absolute atomic E-state index is 0.00178. The van der Waals surface area contributed by atoms with Crippen molar-refractivity contribution in [2.24, 2.45) is 0 Å². The van der Waals surface area contributed by atoms with E-state index in [1.807, 2.05) is 6.07 Å². The Morgan fingerprint density at radius 2 is 2.02 bits per heavy atom. The second-order valence-electron chi connectivity index (χ2n) is 13.4. The minimum atomic E-state index is -0.350. The van der Waals surface area contributed by atoms with Crippen molar-refractivity contribution in [2.75, 3.05) is 43.9 Å². The largest absolute Gasteiger partial charge is 0.473 e. The number of hydrogen-bond acceptors (Lipinski definition) is 11. The zero-order chi connectivity index (χ0) is 29.3. The van der Waals surface area contributed by atoms with Gasteiger partial charge in [-0.05, 0) is 90.3 Å². The van der Waals surface area contributed by atoms with Crippen LogP contribution in [0.15, 0.2) is 10.6 Å². The summed E-state index contributed by atoms with van der Waals surface area (Å²) in [6.07, 6.45) is 10.4. The first-order valence-electron chi connectivity index (χ1n) is 16.0. The summed E-state index contributed by atoms with van der Waals surface area (Å²) in [4.78, 5) is 16.1. The molecule has 10 nitrogen and oxygen atoms in total. The number of thiophene rings is 1. The molecule has 3 N–H and O–H groups in total. The number of likely N-dealkylation sites (N-methyl/N-ethyl adjacent to an activating group) is 1. The number of nitrogen functional groups attached to an aromatic ring is 1. The van der Waals surface area contributed by atoms with Gasteiger partial charge in [0.2, 0.25) is 17.5 Å². The molecule has 5 aliphatic rings. The highest BCUT2D eigenvalue weighted by atomic mass is 32.1. The number of nitrogens with two attached hydrogens (primary N) is 1. The smallest absolute Gasteiger partial charge is 0.219 e. The minimum Gasteiger partial charge on any atom is -0.473 e. The topological polar surface area (TPSA) is 129 Å². The van der Waals surface area contributed by atoms with Crippen LogP contribution in [0.25, 0.3) is 11.6 Å². The Labute approximate surface area is 256 Å². The van der Waals surface area contributed by atoms with Crippen LogP contribution in [0, 0.1) is 11.3 Å². The molecule has 1 saturated carbocycles. The van der Waals surface area contributed by atoms with Gasteiger partial charge in [0.05, 0.1) is 11.3 Å². The first-order chi connectivity index (χ1) is 20.9. The van der Waals surface area contributed by atoms with Gasteiger partial charge >= 0.3 is 0 Å². The molecule has 0 amide bonds. The number of aromatic nitrogens is 3. The monoisotopic (exact) mass is 600 g/mol. The average Bonchev–Trinajstić information content (AvgIpc) is 3.32. The van der Waals surface area contributed by atoms with E-state index in [-0.39, 0.29) is 17.1 Å². The third-order valence-electron chi connectivity index (χ3n) is 10.7. The Morgan fingerprint density at radius 3 is 2.79 bits per heavy atom. The van der Waals surface area contributed by atoms with Crippen molar-refractivity contribution in [3.8, 4) is 23.5 Å². The van der Waals surface area contributed by atoms with E-state index in [1.54, 1.807) is 11.3 Å². The number of nitriles is 1. The van der Waals surface area contributed by atoms with E-state index in [0.717, 1.165) is 93.8 Å². The number of nitrogens with zero attached hydrogens (tertiary/aromatic N) is 6. The molecule has 3 aromatic rings. The van der Waals surface area contributed by atoms with E-state index in [4.69, 9.17) is 30.1 Å². The lowest BCUT2D eigenvalue weighted by Crippen LogP contribution is -2.52. The quantitative estimate of drug-likeness (QED) is 0.434. The van der Waals surface area contributed by atoms with Crippen LogP contribution in [0.5, 0.6) is 5.88 Å². The molecule has 11 heteroatoms. The van der Waals surface area contributed by atoms with Gasteiger partial charge in [0, 0.05) is 53.1 Å². The Balaban J connectivity index is 1.21. The summed E-state index contributed by atoms with van der Waals surface area (Å²) in [7, 11) is 2.18. The number of piperazine rings is 1. The van der Waals surface area contributed by atoms with Gasteiger partial charge in [-0.25, -0.2) is 4.98 Å². The third-order valence-corrected chi connectivity index (χ3v) is 11.8. The summed E-state index contributed by atoms with van der Waals surface area (Å²) < 4.78 is 12.8. The zero-order valence-corrected chi connectivity index (χ0v) is 25.9. The predicted molar refractivity (Wildman–Crippen MR) is 166 cm³/mol. The average molecular weight is 601 g/mol. The first-order valence-corrected chi connectivity index (χ1v) is 16.8. The molecule has 0 radical (unpaired) electrons. The van der Waals surface area contributed by atoms with Crippen LogP contribution in [0.1, 0.15) is 85.6 Å². The molecule has 3 aliphatic carbocycles. The molecule has 2 saturated heterocycles. The molecule has 0 aromatic carbocycles. The van der Waals surface area contributed by atoms with Crippen LogP contribution in [0.2, 0.25) is 0 Å².